The van der Waals surface area contributed by atoms with Crippen LogP contribution in [0.1, 0.15) is 53.3 Å². The number of morpholine rings is 1. The van der Waals surface area contributed by atoms with Crippen LogP contribution in [0.15, 0.2) is 15.8 Å². The van der Waals surface area contributed by atoms with Crippen LogP contribution in [0.25, 0.3) is 0 Å². The number of hydrogen-bond acceptors (Lipinski definition) is 6. The lowest BCUT2D eigenvalue weighted by molar-refractivity contribution is -0.191. The molecule has 2 saturated heterocycles. The van der Waals surface area contributed by atoms with E-state index in [1.807, 2.05) is 41.5 Å². The maximum absolute atomic E-state index is 13.1. The molecule has 2 bridgehead atoms. The van der Waals surface area contributed by atoms with E-state index in [4.69, 9.17) is 14.2 Å². The molecule has 0 radical (unpaired) electrons. The van der Waals surface area contributed by atoms with Gasteiger partial charge in [-0.2, -0.15) is 0 Å². The van der Waals surface area contributed by atoms with Crippen LogP contribution in [0.3, 0.4) is 0 Å². The monoisotopic (exact) mass is 452 g/mol. The summed E-state index contributed by atoms with van der Waals surface area (Å²) < 4.78 is 20.4. The van der Waals surface area contributed by atoms with E-state index in [-0.39, 0.29) is 19.2 Å². The van der Waals surface area contributed by atoms with Crippen molar-refractivity contribution in [2.24, 2.45) is 0 Å². The van der Waals surface area contributed by atoms with Gasteiger partial charge in [-0.25, -0.2) is 9.59 Å². The lowest BCUT2D eigenvalue weighted by Gasteiger charge is -2.39. The molecule has 4 atom stereocenters. The van der Waals surface area contributed by atoms with E-state index in [1.54, 1.807) is 25.9 Å². The second-order valence-electron chi connectivity index (χ2n) is 10.9. The molecule has 0 unspecified atom stereocenters. The van der Waals surface area contributed by atoms with Crippen LogP contribution in [-0.4, -0.2) is 81.6 Å². The summed E-state index contributed by atoms with van der Waals surface area (Å²) in [6.07, 6.45) is 0.0848. The molecule has 3 heterocycles. The van der Waals surface area contributed by atoms with Gasteiger partial charge in [-0.3, -0.25) is 14.3 Å². The number of carbonyl (C=O) groups is 1. The fourth-order valence-corrected chi connectivity index (χ4v) is 4.18. The number of fused-ring (bicyclic) bond motifs is 2. The second-order valence-corrected chi connectivity index (χ2v) is 10.9. The Bertz CT molecular complexity index is 986. The number of carbonyl (C=O) groups excluding carboxylic acids is 1. The van der Waals surface area contributed by atoms with Gasteiger partial charge in [0, 0.05) is 25.9 Å². The number of nitrogens with zero attached hydrogens (tertiary/aromatic N) is 3. The minimum absolute atomic E-state index is 0.179. The molecule has 32 heavy (non-hydrogen) atoms. The van der Waals surface area contributed by atoms with Crippen LogP contribution in [0.2, 0.25) is 0 Å². The van der Waals surface area contributed by atoms with E-state index in [0.717, 1.165) is 0 Å². The van der Waals surface area contributed by atoms with E-state index < -0.39 is 46.4 Å². The molecule has 1 aromatic heterocycles. The topological polar surface area (TPSA) is 106 Å². The number of ether oxygens (including phenoxy) is 3. The van der Waals surface area contributed by atoms with Crippen molar-refractivity contribution in [2.45, 2.75) is 83.6 Å². The van der Waals surface area contributed by atoms with E-state index in [0.29, 0.717) is 5.56 Å². The Balaban J connectivity index is 2.14. The van der Waals surface area contributed by atoms with Crippen molar-refractivity contribution in [3.8, 4) is 0 Å². The number of rotatable bonds is 4. The molecule has 3 rings (SSSR count). The van der Waals surface area contributed by atoms with Crippen molar-refractivity contribution in [1.29, 1.82) is 0 Å². The summed E-state index contributed by atoms with van der Waals surface area (Å²) in [5, 5.41) is 0. The maximum Gasteiger partial charge on any atom is 0.330 e. The highest BCUT2D eigenvalue weighted by Crippen LogP contribution is 2.49. The van der Waals surface area contributed by atoms with E-state index in [1.165, 1.54) is 15.7 Å². The van der Waals surface area contributed by atoms with Crippen molar-refractivity contribution >= 4 is 6.03 Å². The Morgan fingerprint density at radius 2 is 1.84 bits per heavy atom. The summed E-state index contributed by atoms with van der Waals surface area (Å²) in [7, 11) is 3.36. The molecule has 1 N–H and O–H groups in total. The van der Waals surface area contributed by atoms with Gasteiger partial charge >= 0.3 is 11.7 Å². The Morgan fingerprint density at radius 3 is 2.38 bits per heavy atom. The van der Waals surface area contributed by atoms with Gasteiger partial charge in [-0.15, -0.1) is 0 Å². The Kier molecular flexibility index (Phi) is 6.12. The summed E-state index contributed by atoms with van der Waals surface area (Å²) in [4.78, 5) is 43.3. The zero-order valence-corrected chi connectivity index (χ0v) is 20.5. The molecule has 2 fully saturated rings. The quantitative estimate of drug-likeness (QED) is 0.742. The van der Waals surface area contributed by atoms with Gasteiger partial charge in [-0.05, 0) is 48.5 Å². The number of aryl methyl sites for hydroxylation is 1. The molecule has 0 spiro atoms. The van der Waals surface area contributed by atoms with Crippen LogP contribution in [0, 0.1) is 6.92 Å². The molecule has 10 nitrogen and oxygen atoms in total. The van der Waals surface area contributed by atoms with Crippen LogP contribution < -0.4 is 11.2 Å². The third-order valence-electron chi connectivity index (χ3n) is 5.55. The van der Waals surface area contributed by atoms with E-state index in [9.17, 15) is 14.4 Å². The molecular formula is C22H36N4O6. The van der Waals surface area contributed by atoms with Crippen LogP contribution >= 0.6 is 0 Å². The van der Waals surface area contributed by atoms with Gasteiger partial charge < -0.3 is 24.0 Å². The number of likely N-dealkylation sites (tertiary alicyclic amines) is 1. The Morgan fingerprint density at radius 1 is 1.22 bits per heavy atom. The van der Waals surface area contributed by atoms with Gasteiger partial charge in [0.05, 0.1) is 24.4 Å². The lowest BCUT2D eigenvalue weighted by Crippen LogP contribution is -2.54. The zero-order chi connectivity index (χ0) is 24.2. The molecule has 2 aliphatic heterocycles. The fraction of sp³-hybridized carbons (Fsp3) is 0.773. The standard InChI is InChI=1S/C22H36N4O6/c1-13-10-25(18(28)23-16(13)27)17-14-15(31-21(5,6)7)22(32-17,12-30-20(2,3)4)11-26(14)19(29)24(8)9/h10,14-15,17H,11-12H2,1-9H3,(H,23,27,28)/t14-,15+,17-,22-/m1/s1. The van der Waals surface area contributed by atoms with E-state index in [2.05, 4.69) is 4.98 Å². The zero-order valence-electron chi connectivity index (χ0n) is 20.5. The first-order valence-corrected chi connectivity index (χ1v) is 10.8. The number of nitrogens with one attached hydrogen (secondary N) is 1. The van der Waals surface area contributed by atoms with Crippen LogP contribution in [0.4, 0.5) is 4.79 Å². The summed E-state index contributed by atoms with van der Waals surface area (Å²) >= 11 is 0. The van der Waals surface area contributed by atoms with Crippen LogP contribution in [-0.2, 0) is 14.2 Å². The van der Waals surface area contributed by atoms with Gasteiger partial charge in [0.15, 0.2) is 6.23 Å². The molecule has 2 aliphatic rings. The number of hydrogen-bond donors (Lipinski definition) is 1. The molecule has 180 valence electrons. The molecule has 10 heteroatoms. The highest BCUT2D eigenvalue weighted by atomic mass is 16.6. The van der Waals surface area contributed by atoms with Gasteiger partial charge in [0.2, 0.25) is 0 Å². The Hall–Kier alpha value is -2.17. The largest absolute Gasteiger partial charge is 0.373 e. The van der Waals surface area contributed by atoms with Gasteiger partial charge in [0.1, 0.15) is 17.7 Å². The Labute approximate surface area is 188 Å². The van der Waals surface area contributed by atoms with Crippen molar-refractivity contribution in [2.75, 3.05) is 27.2 Å². The minimum atomic E-state index is -0.981. The summed E-state index contributed by atoms with van der Waals surface area (Å²) in [5.74, 6) is 0. The molecule has 1 aromatic rings. The first-order valence-electron chi connectivity index (χ1n) is 10.8. The number of aromatic amines is 1. The molecule has 0 aromatic carbocycles. The average molecular weight is 453 g/mol. The molecule has 2 amide bonds. The second kappa shape index (κ2) is 8.00. The third-order valence-corrected chi connectivity index (χ3v) is 5.55. The van der Waals surface area contributed by atoms with Gasteiger partial charge in [-0.1, -0.05) is 0 Å². The number of amides is 2. The van der Waals surface area contributed by atoms with Crippen molar-refractivity contribution in [3.63, 3.8) is 0 Å². The lowest BCUT2D eigenvalue weighted by atomic mass is 9.98. The summed E-state index contributed by atoms with van der Waals surface area (Å²) in [6.45, 7) is 13.7. The predicted octanol–water partition coefficient (Wildman–Crippen LogP) is 1.48. The first kappa shape index (κ1) is 24.5. The highest BCUT2D eigenvalue weighted by molar-refractivity contribution is 5.75. The first-order chi connectivity index (χ1) is 14.5. The third kappa shape index (κ3) is 4.62. The SMILES string of the molecule is Cc1cn([C@@H]2O[C@@]3(COC(C)(C)C)CN(C(=O)N(C)C)[C@@H]2[C@@H]3OC(C)(C)C)c(=O)[nH]c1=O. The smallest absolute Gasteiger partial charge is 0.330 e. The van der Waals surface area contributed by atoms with Crippen LogP contribution in [0.5, 0.6) is 0 Å². The molecule has 0 saturated carbocycles. The number of H-pyrrole nitrogens is 1. The van der Waals surface area contributed by atoms with Crippen molar-refractivity contribution in [3.05, 3.63) is 32.6 Å². The molecule has 0 aliphatic carbocycles. The number of aromatic nitrogens is 2. The summed E-state index contributed by atoms with van der Waals surface area (Å²) in [6, 6.07) is -0.798. The van der Waals surface area contributed by atoms with Crippen molar-refractivity contribution in [1.82, 2.24) is 19.4 Å². The molecular weight excluding hydrogens is 416 g/mol. The minimum Gasteiger partial charge on any atom is -0.373 e. The number of urea groups is 1. The predicted molar refractivity (Wildman–Crippen MR) is 119 cm³/mol. The highest BCUT2D eigenvalue weighted by Gasteiger charge is 2.67. The summed E-state index contributed by atoms with van der Waals surface area (Å²) in [5.41, 5.74) is -2.64. The van der Waals surface area contributed by atoms with E-state index >= 15 is 0 Å². The van der Waals surface area contributed by atoms with Crippen molar-refractivity contribution < 1.29 is 19.0 Å². The fourth-order valence-electron chi connectivity index (χ4n) is 4.18. The average Bonchev–Trinajstić information content (AvgIpc) is 3.09. The van der Waals surface area contributed by atoms with Gasteiger partial charge in [0.25, 0.3) is 5.56 Å². The maximum atomic E-state index is 13.1. The normalized spacial score (nSPS) is 27.8.